The Labute approximate surface area is 138 Å². The van der Waals surface area contributed by atoms with Crippen molar-refractivity contribution in [1.82, 2.24) is 9.80 Å². The number of rotatable bonds is 6. The summed E-state index contributed by atoms with van der Waals surface area (Å²) in [4.78, 5) is 16.4. The van der Waals surface area contributed by atoms with Gasteiger partial charge in [0.15, 0.2) is 0 Å². The molecule has 1 aliphatic heterocycles. The molecule has 0 spiro atoms. The van der Waals surface area contributed by atoms with Gasteiger partial charge >= 0.3 is 0 Å². The number of aromatic hydroxyl groups is 1. The number of aliphatic hydroxyl groups is 1. The first-order valence-electron chi connectivity index (χ1n) is 8.57. The normalized spacial score (nSPS) is 17.1. The minimum absolute atomic E-state index is 0.144. The molecule has 0 aromatic heterocycles. The molecule has 23 heavy (non-hydrogen) atoms. The van der Waals surface area contributed by atoms with Crippen LogP contribution < -0.4 is 0 Å². The average molecular weight is 320 g/mol. The van der Waals surface area contributed by atoms with Crippen LogP contribution in [-0.4, -0.2) is 58.6 Å². The highest BCUT2D eigenvalue weighted by Crippen LogP contribution is 2.19. The van der Waals surface area contributed by atoms with Gasteiger partial charge in [0.1, 0.15) is 5.75 Å². The van der Waals surface area contributed by atoms with Gasteiger partial charge in [0.05, 0.1) is 12.6 Å². The molecule has 0 unspecified atom stereocenters. The lowest BCUT2D eigenvalue weighted by molar-refractivity contribution is -0.132. The van der Waals surface area contributed by atoms with Crippen LogP contribution in [0.15, 0.2) is 24.3 Å². The predicted octanol–water partition coefficient (Wildman–Crippen LogP) is 2.15. The van der Waals surface area contributed by atoms with Crippen LogP contribution in [0, 0.1) is 0 Å². The molecule has 1 heterocycles. The summed E-state index contributed by atoms with van der Waals surface area (Å²) < 4.78 is 0. The van der Waals surface area contributed by atoms with Gasteiger partial charge in [-0.2, -0.15) is 0 Å². The number of likely N-dealkylation sites (N-methyl/N-ethyl adjacent to an activating group) is 1. The van der Waals surface area contributed by atoms with Crippen LogP contribution in [0.4, 0.5) is 0 Å². The average Bonchev–Trinajstić information content (AvgIpc) is 2.83. The van der Waals surface area contributed by atoms with E-state index in [1.807, 2.05) is 16.7 Å². The number of benzene rings is 1. The van der Waals surface area contributed by atoms with Crippen molar-refractivity contribution >= 4 is 5.91 Å². The quantitative estimate of drug-likeness (QED) is 0.843. The molecule has 1 amide bonds. The zero-order valence-electron chi connectivity index (χ0n) is 13.9. The van der Waals surface area contributed by atoms with Crippen LogP contribution in [0.3, 0.4) is 0 Å². The van der Waals surface area contributed by atoms with Crippen molar-refractivity contribution in [3.8, 4) is 5.75 Å². The van der Waals surface area contributed by atoms with E-state index >= 15 is 0 Å². The minimum Gasteiger partial charge on any atom is -0.508 e. The topological polar surface area (TPSA) is 64.0 Å². The summed E-state index contributed by atoms with van der Waals surface area (Å²) in [7, 11) is 0. The first-order valence-corrected chi connectivity index (χ1v) is 8.57. The highest BCUT2D eigenvalue weighted by Gasteiger charge is 2.20. The van der Waals surface area contributed by atoms with Gasteiger partial charge in [-0.3, -0.25) is 9.69 Å². The number of likely N-dealkylation sites (tertiary alicyclic amines) is 1. The molecule has 1 aromatic carbocycles. The number of phenols is 1. The molecule has 1 atom stereocenters. The maximum Gasteiger partial charge on any atom is 0.236 e. The third kappa shape index (κ3) is 5.52. The van der Waals surface area contributed by atoms with E-state index in [0.717, 1.165) is 25.9 Å². The van der Waals surface area contributed by atoms with Gasteiger partial charge < -0.3 is 15.1 Å². The van der Waals surface area contributed by atoms with Crippen LogP contribution >= 0.6 is 0 Å². The SMILES string of the molecule is CCN(CC(=O)N1CCCCCC1)C[C@H](O)c1cccc(O)c1. The number of phenolic OH excluding ortho intramolecular Hbond substituents is 1. The lowest BCUT2D eigenvalue weighted by atomic mass is 10.1. The number of amides is 1. The van der Waals surface area contributed by atoms with E-state index < -0.39 is 6.10 Å². The van der Waals surface area contributed by atoms with Crippen LogP contribution in [0.5, 0.6) is 5.75 Å². The summed E-state index contributed by atoms with van der Waals surface area (Å²) in [6, 6.07) is 6.65. The molecule has 0 radical (unpaired) electrons. The van der Waals surface area contributed by atoms with E-state index in [1.165, 1.54) is 12.8 Å². The van der Waals surface area contributed by atoms with Crippen molar-refractivity contribution in [3.05, 3.63) is 29.8 Å². The second-order valence-electron chi connectivity index (χ2n) is 6.23. The number of carbonyl (C=O) groups excluding carboxylic acids is 1. The molecule has 1 saturated heterocycles. The smallest absolute Gasteiger partial charge is 0.236 e. The van der Waals surface area contributed by atoms with Gasteiger partial charge in [-0.15, -0.1) is 0 Å². The lowest BCUT2D eigenvalue weighted by Crippen LogP contribution is -2.42. The Morgan fingerprint density at radius 3 is 2.57 bits per heavy atom. The second kappa shape index (κ2) is 8.89. The van der Waals surface area contributed by atoms with Crippen molar-refractivity contribution in [3.63, 3.8) is 0 Å². The molecule has 128 valence electrons. The highest BCUT2D eigenvalue weighted by molar-refractivity contribution is 5.78. The zero-order valence-corrected chi connectivity index (χ0v) is 13.9. The Bertz CT molecular complexity index is 499. The summed E-state index contributed by atoms with van der Waals surface area (Å²) in [5, 5.41) is 19.8. The van der Waals surface area contributed by atoms with E-state index in [1.54, 1.807) is 24.3 Å². The van der Waals surface area contributed by atoms with E-state index in [2.05, 4.69) is 0 Å². The van der Waals surface area contributed by atoms with Crippen molar-refractivity contribution in [1.29, 1.82) is 0 Å². The third-order valence-corrected chi connectivity index (χ3v) is 4.45. The Morgan fingerprint density at radius 1 is 1.26 bits per heavy atom. The molecule has 0 bridgehead atoms. The van der Waals surface area contributed by atoms with Gasteiger partial charge in [0.2, 0.25) is 5.91 Å². The molecule has 0 saturated carbocycles. The summed E-state index contributed by atoms with van der Waals surface area (Å²) >= 11 is 0. The number of nitrogens with zero attached hydrogens (tertiary/aromatic N) is 2. The predicted molar refractivity (Wildman–Crippen MR) is 90.2 cm³/mol. The largest absolute Gasteiger partial charge is 0.508 e. The Balaban J connectivity index is 1.90. The zero-order chi connectivity index (χ0) is 16.7. The third-order valence-electron chi connectivity index (χ3n) is 4.45. The van der Waals surface area contributed by atoms with Gasteiger partial charge in [0.25, 0.3) is 0 Å². The molecular formula is C18H28N2O3. The number of hydrogen-bond donors (Lipinski definition) is 2. The molecule has 2 rings (SSSR count). The summed E-state index contributed by atoms with van der Waals surface area (Å²) in [6.45, 7) is 5.13. The van der Waals surface area contributed by atoms with Crippen molar-refractivity contribution in [2.75, 3.05) is 32.7 Å². The Kier molecular flexibility index (Phi) is 6.86. The fourth-order valence-electron chi connectivity index (χ4n) is 3.00. The maximum atomic E-state index is 12.5. The van der Waals surface area contributed by atoms with Crippen LogP contribution in [0.1, 0.15) is 44.3 Å². The van der Waals surface area contributed by atoms with Crippen LogP contribution in [-0.2, 0) is 4.79 Å². The van der Waals surface area contributed by atoms with E-state index in [9.17, 15) is 15.0 Å². The van der Waals surface area contributed by atoms with E-state index in [0.29, 0.717) is 25.2 Å². The number of hydrogen-bond acceptors (Lipinski definition) is 4. The van der Waals surface area contributed by atoms with E-state index in [-0.39, 0.29) is 11.7 Å². The Hall–Kier alpha value is -1.59. The van der Waals surface area contributed by atoms with Crippen LogP contribution in [0.25, 0.3) is 0 Å². The molecule has 2 N–H and O–H groups in total. The van der Waals surface area contributed by atoms with Gasteiger partial charge in [-0.1, -0.05) is 31.9 Å². The van der Waals surface area contributed by atoms with E-state index in [4.69, 9.17) is 0 Å². The van der Waals surface area contributed by atoms with Gasteiger partial charge in [-0.05, 0) is 37.1 Å². The molecule has 0 aliphatic carbocycles. The minimum atomic E-state index is -0.709. The first-order chi connectivity index (χ1) is 11.1. The molecule has 1 fully saturated rings. The number of carbonyl (C=O) groups is 1. The lowest BCUT2D eigenvalue weighted by Gasteiger charge is -2.27. The van der Waals surface area contributed by atoms with Gasteiger partial charge in [-0.25, -0.2) is 0 Å². The van der Waals surface area contributed by atoms with Crippen molar-refractivity contribution in [2.45, 2.75) is 38.7 Å². The monoisotopic (exact) mass is 320 g/mol. The first kappa shape index (κ1) is 17.8. The molecule has 5 nitrogen and oxygen atoms in total. The summed E-state index contributed by atoms with van der Waals surface area (Å²) in [5.41, 5.74) is 0.672. The fraction of sp³-hybridized carbons (Fsp3) is 0.611. The molecule has 5 heteroatoms. The number of aliphatic hydroxyl groups excluding tert-OH is 1. The van der Waals surface area contributed by atoms with Crippen LogP contribution in [0.2, 0.25) is 0 Å². The summed E-state index contributed by atoms with van der Waals surface area (Å²) in [6.07, 6.45) is 3.88. The van der Waals surface area contributed by atoms with Crippen molar-refractivity contribution < 1.29 is 15.0 Å². The summed E-state index contributed by atoms with van der Waals surface area (Å²) in [5.74, 6) is 0.294. The Morgan fingerprint density at radius 2 is 1.96 bits per heavy atom. The molecular weight excluding hydrogens is 292 g/mol. The fourth-order valence-corrected chi connectivity index (χ4v) is 3.00. The molecule has 1 aliphatic rings. The van der Waals surface area contributed by atoms with Crippen molar-refractivity contribution in [2.24, 2.45) is 0 Å². The maximum absolute atomic E-state index is 12.5. The highest BCUT2D eigenvalue weighted by atomic mass is 16.3. The van der Waals surface area contributed by atoms with Gasteiger partial charge in [0, 0.05) is 19.6 Å². The standard InChI is InChI=1S/C18H28N2O3/c1-2-19(13-17(22)15-8-7-9-16(21)12-15)14-18(23)20-10-5-3-4-6-11-20/h7-9,12,17,21-22H,2-6,10-11,13-14H2,1H3/t17-/m0/s1. The second-order valence-corrected chi connectivity index (χ2v) is 6.23. The molecule has 1 aromatic rings.